The number of hydrogen-bond acceptors (Lipinski definition) is 5. The fourth-order valence-corrected chi connectivity index (χ4v) is 3.64. The maximum atomic E-state index is 13.1. The molecule has 0 atom stereocenters. The van der Waals surface area contributed by atoms with Crippen LogP contribution in [0.1, 0.15) is 15.9 Å². The van der Waals surface area contributed by atoms with Crippen molar-refractivity contribution in [3.05, 3.63) is 98.7 Å². The zero-order chi connectivity index (χ0) is 23.5. The minimum atomic E-state index is -0.453. The largest absolute Gasteiger partial charge is 0.493 e. The average Bonchev–Trinajstić information content (AvgIpc) is 2.85. The summed E-state index contributed by atoms with van der Waals surface area (Å²) < 4.78 is 13.2. The van der Waals surface area contributed by atoms with E-state index in [9.17, 15) is 14.4 Å². The molecule has 1 N–H and O–H groups in total. The Morgan fingerprint density at radius 1 is 0.909 bits per heavy atom. The highest BCUT2D eigenvalue weighted by Crippen LogP contribution is 2.30. The highest BCUT2D eigenvalue weighted by atomic mass is 16.5. The molecule has 1 heterocycles. The van der Waals surface area contributed by atoms with Gasteiger partial charge in [0, 0.05) is 24.4 Å². The Labute approximate surface area is 189 Å². The molecule has 0 fully saturated rings. The van der Waals surface area contributed by atoms with Gasteiger partial charge in [0.25, 0.3) is 11.5 Å². The first-order valence-corrected chi connectivity index (χ1v) is 10.2. The number of methoxy groups -OCH3 is 2. The number of ether oxygens (including phenoxy) is 2. The van der Waals surface area contributed by atoms with Gasteiger partial charge >= 0.3 is 5.69 Å². The van der Waals surface area contributed by atoms with E-state index in [0.717, 1.165) is 4.57 Å². The fraction of sp³-hybridized carbons (Fsp3) is 0.160. The lowest BCUT2D eigenvalue weighted by Gasteiger charge is -2.14. The zero-order valence-corrected chi connectivity index (χ0v) is 18.5. The summed E-state index contributed by atoms with van der Waals surface area (Å²) >= 11 is 0. The van der Waals surface area contributed by atoms with Crippen LogP contribution in [0.3, 0.4) is 0 Å². The second-order valence-electron chi connectivity index (χ2n) is 7.47. The Morgan fingerprint density at radius 2 is 1.55 bits per heavy atom. The topological polar surface area (TPSA) is 91.6 Å². The van der Waals surface area contributed by atoms with Gasteiger partial charge in [-0.2, -0.15) is 0 Å². The number of carbonyl (C=O) groups is 1. The summed E-state index contributed by atoms with van der Waals surface area (Å²) in [5.41, 5.74) is 1.45. The van der Waals surface area contributed by atoms with Crippen LogP contribution in [0.4, 0.5) is 5.69 Å². The van der Waals surface area contributed by atoms with Crippen molar-refractivity contribution in [1.82, 2.24) is 9.13 Å². The van der Waals surface area contributed by atoms with E-state index in [1.807, 2.05) is 18.2 Å². The molecular weight excluding hydrogens is 422 g/mol. The lowest BCUT2D eigenvalue weighted by atomic mass is 10.1. The molecule has 1 aromatic heterocycles. The van der Waals surface area contributed by atoms with Crippen molar-refractivity contribution in [2.75, 3.05) is 19.5 Å². The molecule has 0 saturated heterocycles. The van der Waals surface area contributed by atoms with Crippen molar-refractivity contribution >= 4 is 22.5 Å². The van der Waals surface area contributed by atoms with Gasteiger partial charge in [0.1, 0.15) is 0 Å². The van der Waals surface area contributed by atoms with Crippen molar-refractivity contribution in [3.8, 4) is 11.5 Å². The van der Waals surface area contributed by atoms with Crippen molar-refractivity contribution in [1.29, 1.82) is 0 Å². The van der Waals surface area contributed by atoms with Crippen LogP contribution in [0, 0.1) is 0 Å². The van der Waals surface area contributed by atoms with Crippen molar-refractivity contribution in [3.63, 3.8) is 0 Å². The lowest BCUT2D eigenvalue weighted by molar-refractivity contribution is 0.102. The molecule has 0 saturated carbocycles. The molecule has 3 aromatic carbocycles. The highest BCUT2D eigenvalue weighted by Gasteiger charge is 2.16. The average molecular weight is 445 g/mol. The Morgan fingerprint density at radius 3 is 2.18 bits per heavy atom. The van der Waals surface area contributed by atoms with Gasteiger partial charge in [-0.1, -0.05) is 30.3 Å². The molecule has 33 heavy (non-hydrogen) atoms. The molecule has 0 aliphatic rings. The number of fused-ring (bicyclic) bond motifs is 1. The molecule has 8 nitrogen and oxygen atoms in total. The Balaban J connectivity index is 1.65. The number of aryl methyl sites for hydroxylation is 1. The third-order valence-corrected chi connectivity index (χ3v) is 5.45. The Kier molecular flexibility index (Phi) is 5.99. The maximum absolute atomic E-state index is 13.1. The van der Waals surface area contributed by atoms with E-state index in [1.165, 1.54) is 18.8 Å². The van der Waals surface area contributed by atoms with E-state index in [-0.39, 0.29) is 12.5 Å². The number of carbonyl (C=O) groups excluding carboxylic acids is 1. The van der Waals surface area contributed by atoms with Crippen LogP contribution in [-0.4, -0.2) is 29.3 Å². The molecule has 0 unspecified atom stereocenters. The van der Waals surface area contributed by atoms with Crippen molar-refractivity contribution in [2.45, 2.75) is 6.54 Å². The number of hydrogen-bond donors (Lipinski definition) is 1. The van der Waals surface area contributed by atoms with E-state index in [4.69, 9.17) is 9.47 Å². The van der Waals surface area contributed by atoms with E-state index in [0.29, 0.717) is 39.2 Å². The second kappa shape index (κ2) is 9.04. The number of benzene rings is 3. The van der Waals surface area contributed by atoms with Crippen LogP contribution >= 0.6 is 0 Å². The van der Waals surface area contributed by atoms with E-state index < -0.39 is 11.2 Å². The molecule has 4 aromatic rings. The first kappa shape index (κ1) is 21.9. The van der Waals surface area contributed by atoms with E-state index >= 15 is 0 Å². The first-order chi connectivity index (χ1) is 15.9. The smallest absolute Gasteiger partial charge is 0.331 e. The van der Waals surface area contributed by atoms with E-state index in [1.54, 1.807) is 55.6 Å². The summed E-state index contributed by atoms with van der Waals surface area (Å²) in [7, 11) is 4.58. The normalized spacial score (nSPS) is 10.8. The van der Waals surface area contributed by atoms with Gasteiger partial charge in [0.15, 0.2) is 11.5 Å². The predicted octanol–water partition coefficient (Wildman–Crippen LogP) is 3.02. The number of rotatable bonds is 6. The van der Waals surface area contributed by atoms with Crippen molar-refractivity contribution in [2.24, 2.45) is 7.05 Å². The monoisotopic (exact) mass is 445 g/mol. The SMILES string of the molecule is COc1cc2c(=O)n(Cc3ccc(C(=O)Nc4ccccc4)cc3)c(=O)n(C)c2cc1OC. The fourth-order valence-electron chi connectivity index (χ4n) is 3.64. The number of aromatic nitrogens is 2. The van der Waals surface area contributed by atoms with Crippen LogP contribution in [0.25, 0.3) is 10.9 Å². The molecule has 4 rings (SSSR count). The molecule has 8 heteroatoms. The summed E-state index contributed by atoms with van der Waals surface area (Å²) in [5.74, 6) is 0.593. The Hall–Kier alpha value is -4.33. The molecule has 0 bridgehead atoms. The van der Waals surface area contributed by atoms with Gasteiger partial charge in [-0.15, -0.1) is 0 Å². The molecule has 0 spiro atoms. The number of anilines is 1. The summed E-state index contributed by atoms with van der Waals surface area (Å²) in [6.07, 6.45) is 0. The standard InChI is InChI=1S/C25H23N3O5/c1-27-20-14-22(33-3)21(32-2)13-19(20)24(30)28(25(27)31)15-16-9-11-17(12-10-16)23(29)26-18-7-5-4-6-8-18/h4-14H,15H2,1-3H3,(H,26,29). The molecule has 168 valence electrons. The summed E-state index contributed by atoms with van der Waals surface area (Å²) in [5, 5.41) is 3.17. The summed E-state index contributed by atoms with van der Waals surface area (Å²) in [4.78, 5) is 38.5. The molecule has 0 aliphatic heterocycles. The predicted molar refractivity (Wildman–Crippen MR) is 126 cm³/mol. The molecular formula is C25H23N3O5. The van der Waals surface area contributed by atoms with Gasteiger partial charge < -0.3 is 14.8 Å². The van der Waals surface area contributed by atoms with Crippen LogP contribution in [0.2, 0.25) is 0 Å². The van der Waals surface area contributed by atoms with Gasteiger partial charge in [0.05, 0.1) is 31.7 Å². The minimum Gasteiger partial charge on any atom is -0.493 e. The molecule has 1 amide bonds. The van der Waals surface area contributed by atoms with Gasteiger partial charge in [0.2, 0.25) is 0 Å². The lowest BCUT2D eigenvalue weighted by Crippen LogP contribution is -2.39. The number of amides is 1. The summed E-state index contributed by atoms with van der Waals surface area (Å²) in [6, 6.07) is 19.1. The number of nitrogens with one attached hydrogen (secondary N) is 1. The van der Waals surface area contributed by atoms with E-state index in [2.05, 4.69) is 5.32 Å². The highest BCUT2D eigenvalue weighted by molar-refractivity contribution is 6.04. The van der Waals surface area contributed by atoms with Crippen LogP contribution in [0.15, 0.2) is 76.3 Å². The van der Waals surface area contributed by atoms with Gasteiger partial charge in [-0.25, -0.2) is 4.79 Å². The third kappa shape index (κ3) is 4.23. The minimum absolute atomic E-state index is 0.0658. The van der Waals surface area contributed by atoms with Crippen LogP contribution in [-0.2, 0) is 13.6 Å². The van der Waals surface area contributed by atoms with Crippen LogP contribution < -0.4 is 26.0 Å². The van der Waals surface area contributed by atoms with Crippen molar-refractivity contribution < 1.29 is 14.3 Å². The zero-order valence-electron chi connectivity index (χ0n) is 18.5. The quantitative estimate of drug-likeness (QED) is 0.493. The molecule has 0 radical (unpaired) electrons. The summed E-state index contributed by atoms with van der Waals surface area (Å²) in [6.45, 7) is 0.0658. The van der Waals surface area contributed by atoms with Gasteiger partial charge in [-0.05, 0) is 35.9 Å². The first-order valence-electron chi connectivity index (χ1n) is 10.2. The number of para-hydroxylation sites is 1. The van der Waals surface area contributed by atoms with Crippen LogP contribution in [0.5, 0.6) is 11.5 Å². The number of nitrogens with zero attached hydrogens (tertiary/aromatic N) is 2. The second-order valence-corrected chi connectivity index (χ2v) is 7.47. The maximum Gasteiger partial charge on any atom is 0.331 e. The third-order valence-electron chi connectivity index (χ3n) is 5.45. The molecule has 0 aliphatic carbocycles. The van der Waals surface area contributed by atoms with Gasteiger partial charge in [-0.3, -0.25) is 18.7 Å². The Bertz CT molecular complexity index is 1440.